The first kappa shape index (κ1) is 15.2. The molecule has 1 heterocycles. The first-order chi connectivity index (χ1) is 8.67. The molecular formula is C14H26N2O2. The molecule has 1 atom stereocenters. The molecule has 1 rings (SSSR count). The molecule has 4 nitrogen and oxygen atoms in total. The third-order valence-corrected chi connectivity index (χ3v) is 3.53. The predicted molar refractivity (Wildman–Crippen MR) is 73.5 cm³/mol. The molecule has 1 saturated heterocycles. The number of hydrogen-bond acceptors (Lipinski definition) is 4. The lowest BCUT2D eigenvalue weighted by Gasteiger charge is -2.37. The molecule has 4 heteroatoms. The van der Waals surface area contributed by atoms with Gasteiger partial charge in [0.15, 0.2) is 0 Å². The van der Waals surface area contributed by atoms with Gasteiger partial charge in [-0.25, -0.2) is 4.79 Å². The molecule has 0 bridgehead atoms. The van der Waals surface area contributed by atoms with Crippen molar-refractivity contribution in [1.82, 2.24) is 9.80 Å². The largest absolute Gasteiger partial charge is 0.463 e. The Hall–Kier alpha value is -0.870. The van der Waals surface area contributed by atoms with Gasteiger partial charge in [-0.1, -0.05) is 13.0 Å². The second-order valence-electron chi connectivity index (χ2n) is 4.75. The lowest BCUT2D eigenvalue weighted by atomic mass is 10.2. The van der Waals surface area contributed by atoms with E-state index in [4.69, 9.17) is 4.74 Å². The summed E-state index contributed by atoms with van der Waals surface area (Å²) in [6.07, 6.45) is 4.64. The summed E-state index contributed by atoms with van der Waals surface area (Å²) in [6.45, 7) is 12.0. The highest BCUT2D eigenvalue weighted by Crippen LogP contribution is 2.08. The number of piperazine rings is 1. The van der Waals surface area contributed by atoms with Crippen LogP contribution in [0.3, 0.4) is 0 Å². The minimum absolute atomic E-state index is 0.240. The van der Waals surface area contributed by atoms with E-state index in [2.05, 4.69) is 23.6 Å². The fraction of sp³-hybridized carbons (Fsp3) is 0.786. The van der Waals surface area contributed by atoms with Gasteiger partial charge in [0.2, 0.25) is 0 Å². The molecule has 1 aliphatic heterocycles. The predicted octanol–water partition coefficient (Wildman–Crippen LogP) is 1.52. The molecule has 0 aromatic rings. The highest BCUT2D eigenvalue weighted by molar-refractivity contribution is 5.81. The van der Waals surface area contributed by atoms with E-state index in [1.54, 1.807) is 0 Å². The van der Waals surface area contributed by atoms with Gasteiger partial charge in [0.25, 0.3) is 0 Å². The topological polar surface area (TPSA) is 32.8 Å². The molecule has 0 aromatic carbocycles. The monoisotopic (exact) mass is 254 g/mol. The highest BCUT2D eigenvalue weighted by Gasteiger charge is 2.18. The van der Waals surface area contributed by atoms with E-state index < -0.39 is 0 Å². The molecule has 1 unspecified atom stereocenters. The van der Waals surface area contributed by atoms with Crippen molar-refractivity contribution in [3.05, 3.63) is 12.2 Å². The first-order valence-electron chi connectivity index (χ1n) is 6.97. The van der Waals surface area contributed by atoms with Crippen molar-refractivity contribution in [1.29, 1.82) is 0 Å². The van der Waals surface area contributed by atoms with Crippen LogP contribution in [-0.4, -0.2) is 61.1 Å². The molecule has 0 saturated carbocycles. The van der Waals surface area contributed by atoms with Crippen LogP contribution >= 0.6 is 0 Å². The fourth-order valence-corrected chi connectivity index (χ4v) is 2.13. The van der Waals surface area contributed by atoms with Crippen molar-refractivity contribution >= 4 is 5.97 Å². The Morgan fingerprint density at radius 2 is 1.94 bits per heavy atom. The molecule has 0 amide bonds. The van der Waals surface area contributed by atoms with E-state index in [-0.39, 0.29) is 5.97 Å². The summed E-state index contributed by atoms with van der Waals surface area (Å²) in [7, 11) is 0. The Morgan fingerprint density at radius 1 is 1.28 bits per heavy atom. The quantitative estimate of drug-likeness (QED) is 0.531. The number of nitrogens with zero attached hydrogens (tertiary/aromatic N) is 2. The van der Waals surface area contributed by atoms with Crippen LogP contribution in [0.4, 0.5) is 0 Å². The maximum atomic E-state index is 11.1. The lowest BCUT2D eigenvalue weighted by molar-refractivity contribution is -0.137. The Morgan fingerprint density at radius 3 is 2.50 bits per heavy atom. The summed E-state index contributed by atoms with van der Waals surface area (Å²) in [5.41, 5.74) is 0. The minimum Gasteiger partial charge on any atom is -0.463 e. The third kappa shape index (κ3) is 5.19. The smallest absolute Gasteiger partial charge is 0.330 e. The van der Waals surface area contributed by atoms with Gasteiger partial charge in [-0.3, -0.25) is 9.80 Å². The molecule has 0 radical (unpaired) electrons. The molecule has 0 spiro atoms. The van der Waals surface area contributed by atoms with Crippen molar-refractivity contribution in [2.45, 2.75) is 33.2 Å². The average molecular weight is 254 g/mol. The maximum Gasteiger partial charge on any atom is 0.330 e. The zero-order chi connectivity index (χ0) is 13.4. The normalized spacial score (nSPS) is 20.2. The number of rotatable bonds is 6. The molecule has 18 heavy (non-hydrogen) atoms. The van der Waals surface area contributed by atoms with Crippen molar-refractivity contribution in [2.24, 2.45) is 0 Å². The fourth-order valence-electron chi connectivity index (χ4n) is 2.13. The van der Waals surface area contributed by atoms with Gasteiger partial charge < -0.3 is 4.74 Å². The zero-order valence-corrected chi connectivity index (χ0v) is 11.9. The van der Waals surface area contributed by atoms with E-state index in [0.717, 1.165) is 32.7 Å². The summed E-state index contributed by atoms with van der Waals surface area (Å²) >= 11 is 0. The van der Waals surface area contributed by atoms with E-state index >= 15 is 0 Å². The van der Waals surface area contributed by atoms with Crippen LogP contribution in [-0.2, 0) is 9.53 Å². The minimum atomic E-state index is -0.240. The van der Waals surface area contributed by atoms with E-state index in [0.29, 0.717) is 12.6 Å². The molecule has 1 aliphatic rings. The second-order valence-corrected chi connectivity index (χ2v) is 4.75. The lowest BCUT2D eigenvalue weighted by Crippen LogP contribution is -2.49. The summed E-state index contributed by atoms with van der Waals surface area (Å²) in [6, 6.07) is 0.683. The second kappa shape index (κ2) is 8.27. The van der Waals surface area contributed by atoms with E-state index in [1.165, 1.54) is 12.5 Å². The van der Waals surface area contributed by atoms with Gasteiger partial charge in [-0.05, 0) is 20.3 Å². The molecule has 0 aromatic heterocycles. The van der Waals surface area contributed by atoms with Crippen LogP contribution in [0.2, 0.25) is 0 Å². The van der Waals surface area contributed by atoms with Crippen molar-refractivity contribution < 1.29 is 9.53 Å². The number of ether oxygens (including phenoxy) is 1. The van der Waals surface area contributed by atoms with Crippen molar-refractivity contribution in [3.63, 3.8) is 0 Å². The van der Waals surface area contributed by atoms with Gasteiger partial charge in [0, 0.05) is 44.8 Å². The highest BCUT2D eigenvalue weighted by atomic mass is 16.5. The Bertz CT molecular complexity index is 271. The van der Waals surface area contributed by atoms with Crippen molar-refractivity contribution in [2.75, 3.05) is 39.3 Å². The van der Waals surface area contributed by atoms with E-state index in [9.17, 15) is 4.79 Å². The van der Waals surface area contributed by atoms with Crippen LogP contribution in [0.25, 0.3) is 0 Å². The summed E-state index contributed by atoms with van der Waals surface area (Å²) in [4.78, 5) is 16.0. The summed E-state index contributed by atoms with van der Waals surface area (Å²) < 4.78 is 4.84. The number of carbonyl (C=O) groups is 1. The molecular weight excluding hydrogens is 228 g/mol. The van der Waals surface area contributed by atoms with Gasteiger partial charge in [0.05, 0.1) is 6.61 Å². The maximum absolute atomic E-state index is 11.1. The molecule has 0 aliphatic carbocycles. The van der Waals surface area contributed by atoms with Crippen LogP contribution in [0.5, 0.6) is 0 Å². The van der Waals surface area contributed by atoms with Crippen LogP contribution in [0.15, 0.2) is 12.2 Å². The van der Waals surface area contributed by atoms with Gasteiger partial charge in [-0.15, -0.1) is 0 Å². The number of esters is 1. The standard InChI is InChI=1S/C14H26N2O2/c1-4-13(3)16-11-9-15(10-12-16)8-6-7-14(17)18-5-2/h6-7,13H,4-5,8-12H2,1-3H3/b7-6+. The van der Waals surface area contributed by atoms with Gasteiger partial charge in [-0.2, -0.15) is 0 Å². The number of hydrogen-bond donors (Lipinski definition) is 0. The van der Waals surface area contributed by atoms with Crippen LogP contribution < -0.4 is 0 Å². The Labute approximate surface area is 111 Å². The van der Waals surface area contributed by atoms with Crippen molar-refractivity contribution in [3.8, 4) is 0 Å². The molecule has 104 valence electrons. The molecule has 1 fully saturated rings. The SMILES string of the molecule is CCOC(=O)/C=C/CN1CCN(C(C)CC)CC1. The zero-order valence-electron chi connectivity index (χ0n) is 11.9. The number of carbonyl (C=O) groups excluding carboxylic acids is 1. The molecule has 0 N–H and O–H groups in total. The van der Waals surface area contributed by atoms with Gasteiger partial charge >= 0.3 is 5.97 Å². The summed E-state index contributed by atoms with van der Waals surface area (Å²) in [5.74, 6) is -0.240. The third-order valence-electron chi connectivity index (χ3n) is 3.53. The van der Waals surface area contributed by atoms with Crippen LogP contribution in [0, 0.1) is 0 Å². The Kier molecular flexibility index (Phi) is 6.98. The van der Waals surface area contributed by atoms with Gasteiger partial charge in [0.1, 0.15) is 0 Å². The van der Waals surface area contributed by atoms with Crippen LogP contribution in [0.1, 0.15) is 27.2 Å². The average Bonchev–Trinajstić information content (AvgIpc) is 2.39. The van der Waals surface area contributed by atoms with E-state index in [1.807, 2.05) is 13.0 Å². The summed E-state index contributed by atoms with van der Waals surface area (Å²) in [5, 5.41) is 0. The Balaban J connectivity index is 2.21. The first-order valence-corrected chi connectivity index (χ1v) is 6.97.